The van der Waals surface area contributed by atoms with Crippen LogP contribution in [0, 0.1) is 11.8 Å². The van der Waals surface area contributed by atoms with Crippen LogP contribution < -0.4 is 10.6 Å². The van der Waals surface area contributed by atoms with E-state index in [0.717, 1.165) is 25.2 Å². The van der Waals surface area contributed by atoms with E-state index in [9.17, 15) is 9.59 Å². The van der Waals surface area contributed by atoms with Crippen molar-refractivity contribution in [1.82, 2.24) is 10.6 Å². The summed E-state index contributed by atoms with van der Waals surface area (Å²) >= 11 is 5.29. The third-order valence-electron chi connectivity index (χ3n) is 3.12. The van der Waals surface area contributed by atoms with E-state index in [1.54, 1.807) is 0 Å². The second-order valence-electron chi connectivity index (χ2n) is 4.66. The summed E-state index contributed by atoms with van der Waals surface area (Å²) in [5.41, 5.74) is 0. The van der Waals surface area contributed by atoms with Crippen molar-refractivity contribution in [1.29, 1.82) is 0 Å². The SMILES string of the molecule is CC1CCC(NC(=O)NC(=O)CCl)C(C)C1. The topological polar surface area (TPSA) is 58.2 Å². The van der Waals surface area contributed by atoms with Gasteiger partial charge in [0.2, 0.25) is 5.91 Å². The van der Waals surface area contributed by atoms with Crippen LogP contribution >= 0.6 is 11.6 Å². The highest BCUT2D eigenvalue weighted by Gasteiger charge is 2.26. The van der Waals surface area contributed by atoms with E-state index in [1.807, 2.05) is 0 Å². The number of amides is 3. The molecule has 0 aliphatic heterocycles. The van der Waals surface area contributed by atoms with Crippen LogP contribution in [0.5, 0.6) is 0 Å². The van der Waals surface area contributed by atoms with Crippen molar-refractivity contribution >= 4 is 23.5 Å². The highest BCUT2D eigenvalue weighted by molar-refractivity contribution is 6.28. The van der Waals surface area contributed by atoms with Crippen LogP contribution in [0.15, 0.2) is 0 Å². The fraction of sp³-hybridized carbons (Fsp3) is 0.818. The summed E-state index contributed by atoms with van der Waals surface area (Å²) in [6.45, 7) is 4.35. The fourth-order valence-corrected chi connectivity index (χ4v) is 2.31. The zero-order chi connectivity index (χ0) is 12.1. The Morgan fingerprint density at radius 1 is 1.31 bits per heavy atom. The molecular formula is C11H19ClN2O2. The average Bonchev–Trinajstić information content (AvgIpc) is 2.22. The Hall–Kier alpha value is -0.770. The highest BCUT2D eigenvalue weighted by Crippen LogP contribution is 2.28. The van der Waals surface area contributed by atoms with Crippen LogP contribution in [0.1, 0.15) is 33.1 Å². The minimum absolute atomic E-state index is 0.166. The normalized spacial score (nSPS) is 29.6. The van der Waals surface area contributed by atoms with E-state index in [2.05, 4.69) is 24.5 Å². The first-order valence-corrected chi connectivity index (χ1v) is 6.22. The molecule has 16 heavy (non-hydrogen) atoms. The molecular weight excluding hydrogens is 228 g/mol. The molecule has 0 bridgehead atoms. The van der Waals surface area contributed by atoms with Gasteiger partial charge in [-0.1, -0.05) is 13.8 Å². The van der Waals surface area contributed by atoms with Gasteiger partial charge in [0.05, 0.1) is 0 Å². The van der Waals surface area contributed by atoms with Crippen LogP contribution in [0.3, 0.4) is 0 Å². The molecule has 2 N–H and O–H groups in total. The third-order valence-corrected chi connectivity index (χ3v) is 3.37. The number of rotatable bonds is 2. The second kappa shape index (κ2) is 6.09. The summed E-state index contributed by atoms with van der Waals surface area (Å²) in [5, 5.41) is 5.01. The lowest BCUT2D eigenvalue weighted by Gasteiger charge is -2.32. The van der Waals surface area contributed by atoms with Gasteiger partial charge in [0.1, 0.15) is 5.88 Å². The highest BCUT2D eigenvalue weighted by atomic mass is 35.5. The molecule has 0 aromatic rings. The second-order valence-corrected chi connectivity index (χ2v) is 4.92. The monoisotopic (exact) mass is 246 g/mol. The number of carbonyl (C=O) groups is 2. The summed E-state index contributed by atoms with van der Waals surface area (Å²) in [6.07, 6.45) is 3.22. The molecule has 4 nitrogen and oxygen atoms in total. The predicted molar refractivity (Wildman–Crippen MR) is 63.4 cm³/mol. The molecule has 0 heterocycles. The third kappa shape index (κ3) is 4.00. The molecule has 3 amide bonds. The molecule has 1 rings (SSSR count). The van der Waals surface area contributed by atoms with Gasteiger partial charge in [0.15, 0.2) is 0 Å². The van der Waals surface area contributed by atoms with Gasteiger partial charge in [0.25, 0.3) is 0 Å². The number of halogens is 1. The zero-order valence-electron chi connectivity index (χ0n) is 9.75. The Morgan fingerprint density at radius 3 is 2.56 bits per heavy atom. The van der Waals surface area contributed by atoms with Crippen molar-refractivity contribution in [2.75, 3.05) is 5.88 Å². The Bertz CT molecular complexity index is 271. The molecule has 1 aliphatic carbocycles. The quantitative estimate of drug-likeness (QED) is 0.731. The van der Waals surface area contributed by atoms with E-state index in [1.165, 1.54) is 0 Å². The number of imide groups is 1. The lowest BCUT2D eigenvalue weighted by atomic mass is 9.80. The molecule has 0 spiro atoms. The Kier molecular flexibility index (Phi) is 5.06. The maximum Gasteiger partial charge on any atom is 0.321 e. The Labute approximate surface area is 101 Å². The molecule has 0 radical (unpaired) electrons. The minimum Gasteiger partial charge on any atom is -0.335 e. The molecule has 1 aliphatic rings. The van der Waals surface area contributed by atoms with E-state index in [-0.39, 0.29) is 11.9 Å². The predicted octanol–water partition coefficient (Wildman–Crippen LogP) is 1.88. The summed E-state index contributed by atoms with van der Waals surface area (Å²) in [4.78, 5) is 22.3. The van der Waals surface area contributed by atoms with E-state index in [0.29, 0.717) is 5.92 Å². The molecule has 0 aromatic heterocycles. The average molecular weight is 247 g/mol. The summed E-state index contributed by atoms with van der Waals surface area (Å²) < 4.78 is 0. The smallest absolute Gasteiger partial charge is 0.321 e. The summed E-state index contributed by atoms with van der Waals surface area (Å²) in [7, 11) is 0. The van der Waals surface area contributed by atoms with Crippen molar-refractivity contribution in [3.63, 3.8) is 0 Å². The molecule has 0 saturated heterocycles. The maximum atomic E-state index is 11.4. The Morgan fingerprint density at radius 2 is 2.00 bits per heavy atom. The minimum atomic E-state index is -0.462. The number of carbonyl (C=O) groups excluding carboxylic acids is 2. The van der Waals surface area contributed by atoms with Crippen LogP contribution in [-0.2, 0) is 4.79 Å². The zero-order valence-corrected chi connectivity index (χ0v) is 10.5. The molecule has 92 valence electrons. The lowest BCUT2D eigenvalue weighted by Crippen LogP contribution is -2.48. The molecule has 0 aromatic carbocycles. The number of hydrogen-bond acceptors (Lipinski definition) is 2. The lowest BCUT2D eigenvalue weighted by molar-refractivity contribution is -0.117. The molecule has 1 fully saturated rings. The largest absolute Gasteiger partial charge is 0.335 e. The van der Waals surface area contributed by atoms with Gasteiger partial charge in [-0.15, -0.1) is 11.6 Å². The first-order valence-electron chi connectivity index (χ1n) is 5.69. The van der Waals surface area contributed by atoms with Gasteiger partial charge >= 0.3 is 6.03 Å². The number of urea groups is 1. The molecule has 3 atom stereocenters. The number of hydrogen-bond donors (Lipinski definition) is 2. The Balaban J connectivity index is 2.36. The van der Waals surface area contributed by atoms with Gasteiger partial charge < -0.3 is 5.32 Å². The fourth-order valence-electron chi connectivity index (χ4n) is 2.24. The molecule has 5 heteroatoms. The summed E-state index contributed by atoms with van der Waals surface area (Å²) in [5.74, 6) is 0.530. The van der Waals surface area contributed by atoms with E-state index >= 15 is 0 Å². The van der Waals surface area contributed by atoms with Gasteiger partial charge in [-0.25, -0.2) is 4.79 Å². The van der Waals surface area contributed by atoms with Gasteiger partial charge in [0, 0.05) is 6.04 Å². The molecule has 1 saturated carbocycles. The first kappa shape index (κ1) is 13.3. The number of nitrogens with one attached hydrogen (secondary N) is 2. The number of alkyl halides is 1. The van der Waals surface area contributed by atoms with Gasteiger partial charge in [-0.2, -0.15) is 0 Å². The van der Waals surface area contributed by atoms with Gasteiger partial charge in [-0.05, 0) is 31.1 Å². The van der Waals surface area contributed by atoms with Crippen molar-refractivity contribution in [2.24, 2.45) is 11.8 Å². The van der Waals surface area contributed by atoms with E-state index < -0.39 is 11.9 Å². The summed E-state index contributed by atoms with van der Waals surface area (Å²) in [6, 6.07) is -0.267. The van der Waals surface area contributed by atoms with Crippen molar-refractivity contribution < 1.29 is 9.59 Å². The van der Waals surface area contributed by atoms with Gasteiger partial charge in [-0.3, -0.25) is 10.1 Å². The maximum absolute atomic E-state index is 11.4. The van der Waals surface area contributed by atoms with Crippen molar-refractivity contribution in [3.05, 3.63) is 0 Å². The van der Waals surface area contributed by atoms with Crippen LogP contribution in [0.2, 0.25) is 0 Å². The van der Waals surface area contributed by atoms with Crippen LogP contribution in [0.4, 0.5) is 4.79 Å². The van der Waals surface area contributed by atoms with E-state index in [4.69, 9.17) is 11.6 Å². The standard InChI is InChI=1S/C11H19ClN2O2/c1-7-3-4-9(8(2)5-7)13-11(16)14-10(15)6-12/h7-9H,3-6H2,1-2H3,(H2,13,14,15,16). The van der Waals surface area contributed by atoms with Crippen molar-refractivity contribution in [2.45, 2.75) is 39.2 Å². The first-order chi connectivity index (χ1) is 7.52. The van der Waals surface area contributed by atoms with Crippen LogP contribution in [0.25, 0.3) is 0 Å². The van der Waals surface area contributed by atoms with Crippen LogP contribution in [-0.4, -0.2) is 23.9 Å². The van der Waals surface area contributed by atoms with Crippen molar-refractivity contribution in [3.8, 4) is 0 Å². The molecule has 3 unspecified atom stereocenters.